The summed E-state index contributed by atoms with van der Waals surface area (Å²) in [4.78, 5) is 25.4. The van der Waals surface area contributed by atoms with Crippen LogP contribution in [0.15, 0.2) is 29.3 Å². The van der Waals surface area contributed by atoms with E-state index in [1.54, 1.807) is 25.1 Å². The molecule has 0 saturated carbocycles. The minimum absolute atomic E-state index is 0.169. The molecule has 1 amide bonds. The van der Waals surface area contributed by atoms with Gasteiger partial charge in [-0.15, -0.1) is 0 Å². The first-order chi connectivity index (χ1) is 13.6. The molecule has 158 valence electrons. The Kier molecular flexibility index (Phi) is 5.59. The number of ether oxygens (including phenoxy) is 3. The molecule has 0 aliphatic carbocycles. The average Bonchev–Trinajstić information content (AvgIpc) is 2.91. The van der Waals surface area contributed by atoms with Crippen molar-refractivity contribution in [3.63, 3.8) is 0 Å². The second-order valence-corrected chi connectivity index (χ2v) is 9.05. The second kappa shape index (κ2) is 7.68. The Morgan fingerprint density at radius 2 is 1.86 bits per heavy atom. The van der Waals surface area contributed by atoms with Crippen molar-refractivity contribution in [2.75, 3.05) is 38.9 Å². The molecule has 29 heavy (non-hydrogen) atoms. The van der Waals surface area contributed by atoms with E-state index in [2.05, 4.69) is 5.32 Å². The van der Waals surface area contributed by atoms with E-state index in [1.807, 2.05) is 0 Å². The highest BCUT2D eigenvalue weighted by molar-refractivity contribution is 7.88. The minimum Gasteiger partial charge on any atom is -0.497 e. The highest BCUT2D eigenvalue weighted by Gasteiger charge is 2.51. The number of rotatable bonds is 5. The number of hydrogen-bond donors (Lipinski definition) is 1. The van der Waals surface area contributed by atoms with Gasteiger partial charge < -0.3 is 19.5 Å². The fourth-order valence-electron chi connectivity index (χ4n) is 3.74. The Bertz CT molecular complexity index is 976. The van der Waals surface area contributed by atoms with Gasteiger partial charge >= 0.3 is 5.97 Å². The highest BCUT2D eigenvalue weighted by Crippen LogP contribution is 2.42. The number of carbonyl (C=O) groups excluding carboxylic acids is 2. The molecular formula is C19H24N2O7S. The summed E-state index contributed by atoms with van der Waals surface area (Å²) < 4.78 is 41.0. The summed E-state index contributed by atoms with van der Waals surface area (Å²) >= 11 is 0. The molecule has 0 unspecified atom stereocenters. The van der Waals surface area contributed by atoms with Gasteiger partial charge in [-0.1, -0.05) is 0 Å². The van der Waals surface area contributed by atoms with Crippen LogP contribution in [0.2, 0.25) is 0 Å². The number of amides is 1. The molecule has 2 aliphatic heterocycles. The standard InChI is InChI=1S/C19H24N2O7S/c1-12-16(17(22)20-14-6-5-13(26-2)11-15(14)27-3)19(28-18(12)23)7-9-21(10-8-19)29(4,24)25/h5-6,11H,7-10H2,1-4H3,(H,20,22). The highest BCUT2D eigenvalue weighted by atomic mass is 32.2. The number of hydrogen-bond acceptors (Lipinski definition) is 7. The van der Waals surface area contributed by atoms with Crippen LogP contribution in [0, 0.1) is 0 Å². The molecule has 1 fully saturated rings. The molecule has 2 heterocycles. The van der Waals surface area contributed by atoms with Gasteiger partial charge in [0, 0.05) is 37.6 Å². The van der Waals surface area contributed by atoms with Gasteiger partial charge in [0.2, 0.25) is 10.0 Å². The van der Waals surface area contributed by atoms with Crippen molar-refractivity contribution in [3.05, 3.63) is 29.3 Å². The van der Waals surface area contributed by atoms with Crippen LogP contribution in [0.5, 0.6) is 11.5 Å². The van der Waals surface area contributed by atoms with Crippen LogP contribution in [-0.2, 0) is 24.3 Å². The van der Waals surface area contributed by atoms with Crippen molar-refractivity contribution in [1.29, 1.82) is 0 Å². The summed E-state index contributed by atoms with van der Waals surface area (Å²) in [6.07, 6.45) is 1.56. The number of anilines is 1. The summed E-state index contributed by atoms with van der Waals surface area (Å²) in [5, 5.41) is 2.78. The zero-order valence-electron chi connectivity index (χ0n) is 16.8. The van der Waals surface area contributed by atoms with Crippen LogP contribution in [0.1, 0.15) is 19.8 Å². The first-order valence-electron chi connectivity index (χ1n) is 9.04. The number of sulfonamides is 1. The third-order valence-corrected chi connectivity index (χ3v) is 6.61. The van der Waals surface area contributed by atoms with Gasteiger partial charge in [0.15, 0.2) is 0 Å². The molecule has 0 bridgehead atoms. The lowest BCUT2D eigenvalue weighted by atomic mass is 9.83. The molecule has 0 radical (unpaired) electrons. The summed E-state index contributed by atoms with van der Waals surface area (Å²) in [5.41, 5.74) is -0.260. The van der Waals surface area contributed by atoms with E-state index in [4.69, 9.17) is 14.2 Å². The molecule has 1 saturated heterocycles. The number of piperidine rings is 1. The molecular weight excluding hydrogens is 400 g/mol. The third-order valence-electron chi connectivity index (χ3n) is 5.31. The van der Waals surface area contributed by atoms with Crippen molar-refractivity contribution in [1.82, 2.24) is 4.31 Å². The molecule has 2 aliphatic rings. The zero-order valence-corrected chi connectivity index (χ0v) is 17.6. The van der Waals surface area contributed by atoms with Gasteiger partial charge in [-0.2, -0.15) is 0 Å². The Morgan fingerprint density at radius 1 is 1.21 bits per heavy atom. The molecule has 0 atom stereocenters. The fraction of sp³-hybridized carbons (Fsp3) is 0.474. The van der Waals surface area contributed by atoms with Crippen molar-refractivity contribution in [2.45, 2.75) is 25.4 Å². The van der Waals surface area contributed by atoms with Crippen LogP contribution in [-0.4, -0.2) is 63.8 Å². The predicted octanol–water partition coefficient (Wildman–Crippen LogP) is 1.31. The lowest BCUT2D eigenvalue weighted by molar-refractivity contribution is -0.149. The van der Waals surface area contributed by atoms with Crippen LogP contribution in [0.3, 0.4) is 0 Å². The molecule has 1 aromatic carbocycles. The van der Waals surface area contributed by atoms with Gasteiger partial charge in [-0.3, -0.25) is 4.79 Å². The number of nitrogens with zero attached hydrogens (tertiary/aromatic N) is 1. The first-order valence-corrected chi connectivity index (χ1v) is 10.9. The molecule has 1 aromatic rings. The largest absolute Gasteiger partial charge is 0.497 e. The van der Waals surface area contributed by atoms with Crippen molar-refractivity contribution in [2.24, 2.45) is 0 Å². The van der Waals surface area contributed by atoms with Crippen LogP contribution < -0.4 is 14.8 Å². The number of carbonyl (C=O) groups is 2. The monoisotopic (exact) mass is 424 g/mol. The van der Waals surface area contributed by atoms with Gasteiger partial charge in [0.25, 0.3) is 5.91 Å². The Labute approximate surface area is 169 Å². The van der Waals surface area contributed by atoms with Crippen LogP contribution >= 0.6 is 0 Å². The number of methoxy groups -OCH3 is 2. The van der Waals surface area contributed by atoms with E-state index in [9.17, 15) is 18.0 Å². The second-order valence-electron chi connectivity index (χ2n) is 7.07. The Morgan fingerprint density at radius 3 is 2.41 bits per heavy atom. The lowest BCUT2D eigenvalue weighted by Gasteiger charge is -2.38. The maximum Gasteiger partial charge on any atom is 0.335 e. The van der Waals surface area contributed by atoms with Crippen molar-refractivity contribution >= 4 is 27.6 Å². The number of nitrogens with one attached hydrogen (secondary N) is 1. The lowest BCUT2D eigenvalue weighted by Crippen LogP contribution is -2.49. The van der Waals surface area contributed by atoms with Gasteiger partial charge in [0.05, 0.1) is 31.7 Å². The molecule has 1 spiro atoms. The summed E-state index contributed by atoms with van der Waals surface area (Å²) in [5.74, 6) is -0.0735. The van der Waals surface area contributed by atoms with E-state index >= 15 is 0 Å². The van der Waals surface area contributed by atoms with E-state index in [0.717, 1.165) is 6.26 Å². The van der Waals surface area contributed by atoms with Gasteiger partial charge in [-0.25, -0.2) is 17.5 Å². The SMILES string of the molecule is COc1ccc(NC(=O)C2=C(C)C(=O)OC23CCN(S(C)(=O)=O)CC3)c(OC)c1. The summed E-state index contributed by atoms with van der Waals surface area (Å²) in [6, 6.07) is 4.95. The maximum atomic E-state index is 13.1. The van der Waals surface area contributed by atoms with Gasteiger partial charge in [0.1, 0.15) is 17.1 Å². The smallest absolute Gasteiger partial charge is 0.335 e. The number of esters is 1. The predicted molar refractivity (Wildman–Crippen MR) is 105 cm³/mol. The minimum atomic E-state index is -3.35. The van der Waals surface area contributed by atoms with E-state index in [-0.39, 0.29) is 37.1 Å². The van der Waals surface area contributed by atoms with E-state index < -0.39 is 27.5 Å². The maximum absolute atomic E-state index is 13.1. The third kappa shape index (κ3) is 3.95. The molecule has 0 aromatic heterocycles. The summed E-state index contributed by atoms with van der Waals surface area (Å²) in [6.45, 7) is 1.88. The van der Waals surface area contributed by atoms with E-state index in [1.165, 1.54) is 18.5 Å². The van der Waals surface area contributed by atoms with E-state index in [0.29, 0.717) is 17.2 Å². The normalized spacial score (nSPS) is 19.2. The van der Waals surface area contributed by atoms with Gasteiger partial charge in [-0.05, 0) is 19.1 Å². The van der Waals surface area contributed by atoms with Crippen LogP contribution in [0.4, 0.5) is 5.69 Å². The fourth-order valence-corrected chi connectivity index (χ4v) is 4.59. The number of benzene rings is 1. The Balaban J connectivity index is 1.88. The van der Waals surface area contributed by atoms with Crippen LogP contribution in [0.25, 0.3) is 0 Å². The van der Waals surface area contributed by atoms with Crippen molar-refractivity contribution < 1.29 is 32.2 Å². The average molecular weight is 424 g/mol. The Hall–Kier alpha value is -2.59. The summed E-state index contributed by atoms with van der Waals surface area (Å²) in [7, 11) is -0.358. The molecule has 9 nitrogen and oxygen atoms in total. The van der Waals surface area contributed by atoms with Crippen molar-refractivity contribution in [3.8, 4) is 11.5 Å². The molecule has 10 heteroatoms. The molecule has 1 N–H and O–H groups in total. The topological polar surface area (TPSA) is 111 Å². The zero-order chi connectivity index (χ0) is 21.4. The molecule has 3 rings (SSSR count). The quantitative estimate of drug-likeness (QED) is 0.710. The first kappa shape index (κ1) is 21.1.